The summed E-state index contributed by atoms with van der Waals surface area (Å²) in [6.07, 6.45) is 6.92. The number of hydrogen-bond donors (Lipinski definition) is 1. The highest BCUT2D eigenvalue weighted by Crippen LogP contribution is 2.30. The summed E-state index contributed by atoms with van der Waals surface area (Å²) >= 11 is 0. The summed E-state index contributed by atoms with van der Waals surface area (Å²) in [5, 5.41) is 0. The Bertz CT molecular complexity index is 644. The van der Waals surface area contributed by atoms with Gasteiger partial charge in [-0.3, -0.25) is 4.99 Å². The van der Waals surface area contributed by atoms with Gasteiger partial charge in [-0.25, -0.2) is 9.97 Å². The topological polar surface area (TPSA) is 73.4 Å². The Labute approximate surface area is 123 Å². The molecule has 5 nitrogen and oxygen atoms in total. The van der Waals surface area contributed by atoms with E-state index in [1.54, 1.807) is 18.6 Å². The highest BCUT2D eigenvalue weighted by Gasteiger charge is 2.28. The van der Waals surface area contributed by atoms with Crippen molar-refractivity contribution in [1.29, 1.82) is 0 Å². The minimum absolute atomic E-state index is 0.141. The standard InChI is InChI=1S/C16H18N4O/c1-16(10-21-9-15(17)8-20-16)14-4-2-3-12(5-14)13-6-18-11-19-7-13/h2-8,11,15H,9-10,17H2,1H3. The molecule has 1 aromatic heterocycles. The van der Waals surface area contributed by atoms with E-state index in [2.05, 4.69) is 34.0 Å². The Morgan fingerprint density at radius 3 is 2.86 bits per heavy atom. The average Bonchev–Trinajstić information content (AvgIpc) is 2.71. The molecule has 2 heterocycles. The number of rotatable bonds is 2. The summed E-state index contributed by atoms with van der Waals surface area (Å²) in [7, 11) is 0. The van der Waals surface area contributed by atoms with Crippen molar-refractivity contribution in [3.63, 3.8) is 0 Å². The van der Waals surface area contributed by atoms with E-state index in [9.17, 15) is 0 Å². The van der Waals surface area contributed by atoms with Crippen LogP contribution in [0.2, 0.25) is 0 Å². The fourth-order valence-corrected chi connectivity index (χ4v) is 2.37. The van der Waals surface area contributed by atoms with Crippen molar-refractivity contribution in [2.75, 3.05) is 13.2 Å². The van der Waals surface area contributed by atoms with Crippen LogP contribution >= 0.6 is 0 Å². The molecule has 0 fully saturated rings. The van der Waals surface area contributed by atoms with Crippen LogP contribution < -0.4 is 5.73 Å². The van der Waals surface area contributed by atoms with Crippen LogP contribution in [0.15, 0.2) is 48.0 Å². The zero-order chi connectivity index (χ0) is 14.7. The molecule has 1 aliphatic rings. The molecule has 2 unspecified atom stereocenters. The minimum atomic E-state index is -0.417. The number of nitrogens with zero attached hydrogens (tertiary/aromatic N) is 3. The van der Waals surface area contributed by atoms with Crippen molar-refractivity contribution in [3.05, 3.63) is 48.5 Å². The lowest BCUT2D eigenvalue weighted by Crippen LogP contribution is -2.26. The Hall–Kier alpha value is -2.11. The van der Waals surface area contributed by atoms with Gasteiger partial charge in [-0.1, -0.05) is 18.2 Å². The smallest absolute Gasteiger partial charge is 0.115 e. The van der Waals surface area contributed by atoms with Gasteiger partial charge < -0.3 is 10.5 Å². The van der Waals surface area contributed by atoms with Gasteiger partial charge in [0, 0.05) is 24.2 Å². The van der Waals surface area contributed by atoms with Gasteiger partial charge in [0.25, 0.3) is 0 Å². The Morgan fingerprint density at radius 1 is 1.24 bits per heavy atom. The molecule has 1 aliphatic heterocycles. The van der Waals surface area contributed by atoms with Gasteiger partial charge in [0.15, 0.2) is 0 Å². The fourth-order valence-electron chi connectivity index (χ4n) is 2.37. The quantitative estimate of drug-likeness (QED) is 0.911. The van der Waals surface area contributed by atoms with E-state index in [0.29, 0.717) is 13.2 Å². The monoisotopic (exact) mass is 282 g/mol. The summed E-state index contributed by atoms with van der Waals surface area (Å²) in [5.74, 6) is 0. The molecule has 0 amide bonds. The summed E-state index contributed by atoms with van der Waals surface area (Å²) in [6.45, 7) is 3.08. The van der Waals surface area contributed by atoms with E-state index >= 15 is 0 Å². The number of ether oxygens (including phenoxy) is 1. The van der Waals surface area contributed by atoms with Crippen LogP contribution in [0.25, 0.3) is 11.1 Å². The van der Waals surface area contributed by atoms with E-state index in [4.69, 9.17) is 10.5 Å². The Morgan fingerprint density at radius 2 is 2.05 bits per heavy atom. The second-order valence-electron chi connectivity index (χ2n) is 5.44. The molecule has 0 saturated carbocycles. The maximum atomic E-state index is 5.86. The summed E-state index contributed by atoms with van der Waals surface area (Å²) in [6, 6.07) is 8.08. The molecule has 2 N–H and O–H groups in total. The average molecular weight is 282 g/mol. The van der Waals surface area contributed by atoms with E-state index in [-0.39, 0.29) is 6.04 Å². The lowest BCUT2D eigenvalue weighted by Gasteiger charge is -2.24. The molecule has 3 rings (SSSR count). The highest BCUT2D eigenvalue weighted by atomic mass is 16.5. The van der Waals surface area contributed by atoms with Crippen molar-refractivity contribution in [2.24, 2.45) is 10.7 Å². The second-order valence-corrected chi connectivity index (χ2v) is 5.44. The molecule has 0 bridgehead atoms. The lowest BCUT2D eigenvalue weighted by atomic mass is 9.91. The molecule has 2 aromatic rings. The van der Waals surface area contributed by atoms with E-state index in [1.807, 2.05) is 12.1 Å². The van der Waals surface area contributed by atoms with Crippen LogP contribution in [0.5, 0.6) is 0 Å². The third kappa shape index (κ3) is 2.99. The van der Waals surface area contributed by atoms with Crippen molar-refractivity contribution < 1.29 is 4.74 Å². The van der Waals surface area contributed by atoms with Gasteiger partial charge in [0.1, 0.15) is 11.9 Å². The maximum Gasteiger partial charge on any atom is 0.115 e. The summed E-state index contributed by atoms with van der Waals surface area (Å²) in [4.78, 5) is 12.8. The first-order chi connectivity index (χ1) is 10.2. The van der Waals surface area contributed by atoms with Gasteiger partial charge in [0.2, 0.25) is 0 Å². The fraction of sp³-hybridized carbons (Fsp3) is 0.312. The van der Waals surface area contributed by atoms with Gasteiger partial charge in [0.05, 0.1) is 19.3 Å². The largest absolute Gasteiger partial charge is 0.377 e. The number of benzene rings is 1. The van der Waals surface area contributed by atoms with Crippen LogP contribution in [-0.2, 0) is 10.3 Å². The lowest BCUT2D eigenvalue weighted by molar-refractivity contribution is 0.0979. The van der Waals surface area contributed by atoms with E-state index in [1.165, 1.54) is 6.33 Å². The normalized spacial score (nSPS) is 25.5. The molecule has 0 spiro atoms. The second kappa shape index (κ2) is 5.71. The molecule has 5 heteroatoms. The zero-order valence-corrected chi connectivity index (χ0v) is 11.9. The van der Waals surface area contributed by atoms with Gasteiger partial charge in [-0.2, -0.15) is 0 Å². The van der Waals surface area contributed by atoms with Crippen molar-refractivity contribution in [1.82, 2.24) is 9.97 Å². The zero-order valence-electron chi connectivity index (χ0n) is 11.9. The van der Waals surface area contributed by atoms with Crippen molar-refractivity contribution in [3.8, 4) is 11.1 Å². The van der Waals surface area contributed by atoms with Crippen LogP contribution in [0.3, 0.4) is 0 Å². The molecule has 0 aliphatic carbocycles. The summed E-state index contributed by atoms with van der Waals surface area (Å²) < 4.78 is 5.65. The minimum Gasteiger partial charge on any atom is -0.377 e. The van der Waals surface area contributed by atoms with Crippen LogP contribution in [-0.4, -0.2) is 35.4 Å². The number of aliphatic imine (C=N–C) groups is 1. The predicted molar refractivity (Wildman–Crippen MR) is 82.1 cm³/mol. The highest BCUT2D eigenvalue weighted by molar-refractivity contribution is 5.66. The number of nitrogens with two attached hydrogens (primary N) is 1. The first-order valence-electron chi connectivity index (χ1n) is 6.92. The SMILES string of the molecule is CC1(c2cccc(-c3cncnc3)c2)COCC(N)C=N1. The van der Waals surface area contributed by atoms with Gasteiger partial charge >= 0.3 is 0 Å². The Kier molecular flexibility index (Phi) is 3.77. The number of aromatic nitrogens is 2. The van der Waals surface area contributed by atoms with Crippen LogP contribution in [0.1, 0.15) is 12.5 Å². The maximum absolute atomic E-state index is 5.86. The Balaban J connectivity index is 1.98. The molecule has 1 aromatic carbocycles. The van der Waals surface area contributed by atoms with E-state index in [0.717, 1.165) is 16.7 Å². The molecule has 0 radical (unpaired) electrons. The van der Waals surface area contributed by atoms with Gasteiger partial charge in [-0.05, 0) is 24.1 Å². The molecule has 108 valence electrons. The van der Waals surface area contributed by atoms with Crippen LogP contribution in [0, 0.1) is 0 Å². The molecular formula is C16H18N4O. The van der Waals surface area contributed by atoms with Crippen molar-refractivity contribution >= 4 is 6.21 Å². The van der Waals surface area contributed by atoms with Gasteiger partial charge in [-0.15, -0.1) is 0 Å². The molecule has 0 saturated heterocycles. The first kappa shape index (κ1) is 13.9. The van der Waals surface area contributed by atoms with E-state index < -0.39 is 5.54 Å². The van der Waals surface area contributed by atoms with Crippen LogP contribution in [0.4, 0.5) is 0 Å². The number of hydrogen-bond acceptors (Lipinski definition) is 5. The third-order valence-electron chi connectivity index (χ3n) is 3.62. The molecule has 21 heavy (non-hydrogen) atoms. The predicted octanol–water partition coefficient (Wildman–Crippen LogP) is 1.79. The first-order valence-corrected chi connectivity index (χ1v) is 6.92. The summed E-state index contributed by atoms with van der Waals surface area (Å²) in [5.41, 5.74) is 8.59. The third-order valence-corrected chi connectivity index (χ3v) is 3.62. The molecular weight excluding hydrogens is 264 g/mol. The van der Waals surface area contributed by atoms with Crippen molar-refractivity contribution in [2.45, 2.75) is 18.5 Å². The molecule has 2 atom stereocenters.